The predicted molar refractivity (Wildman–Crippen MR) is 58.1 cm³/mol. The lowest BCUT2D eigenvalue weighted by Crippen LogP contribution is -2.19. The first-order valence-electron chi connectivity index (χ1n) is 4.56. The van der Waals surface area contributed by atoms with Crippen LogP contribution >= 0.6 is 11.3 Å². The van der Waals surface area contributed by atoms with Crippen molar-refractivity contribution in [2.24, 2.45) is 0 Å². The van der Waals surface area contributed by atoms with Gasteiger partial charge in [-0.3, -0.25) is 10.1 Å². The van der Waals surface area contributed by atoms with Gasteiger partial charge in [0, 0.05) is 4.88 Å². The molecular weight excluding hydrogens is 216 g/mol. The molecule has 0 bridgehead atoms. The van der Waals surface area contributed by atoms with E-state index in [2.05, 4.69) is 10.3 Å². The van der Waals surface area contributed by atoms with Gasteiger partial charge in [0.2, 0.25) is 0 Å². The molecule has 1 rings (SSSR count). The fourth-order valence-electron chi connectivity index (χ4n) is 0.911. The lowest BCUT2D eigenvalue weighted by Gasteiger charge is -2.01. The average molecular weight is 230 g/mol. The minimum absolute atomic E-state index is 0.0573. The highest BCUT2D eigenvalue weighted by Gasteiger charge is 2.07. The van der Waals surface area contributed by atoms with Gasteiger partial charge < -0.3 is 9.84 Å². The molecule has 2 N–H and O–H groups in total. The van der Waals surface area contributed by atoms with E-state index in [1.165, 1.54) is 11.3 Å². The number of aryl methyl sites for hydroxylation is 2. The molecule has 0 aliphatic rings. The molecule has 1 heterocycles. The van der Waals surface area contributed by atoms with Gasteiger partial charge in [-0.15, -0.1) is 11.3 Å². The molecule has 0 aliphatic carbocycles. The molecule has 84 valence electrons. The Morgan fingerprint density at radius 1 is 1.60 bits per heavy atom. The number of hydrogen-bond donors (Lipinski definition) is 2. The third-order valence-corrected chi connectivity index (χ3v) is 2.73. The normalized spacial score (nSPS) is 10.3. The molecule has 0 atom stereocenters. The van der Waals surface area contributed by atoms with Gasteiger partial charge in [0.05, 0.1) is 18.9 Å². The van der Waals surface area contributed by atoms with Gasteiger partial charge in [-0.2, -0.15) is 0 Å². The number of thiazole rings is 1. The van der Waals surface area contributed by atoms with Crippen LogP contribution < -0.4 is 5.32 Å². The summed E-state index contributed by atoms with van der Waals surface area (Å²) in [4.78, 5) is 16.5. The fourth-order valence-corrected chi connectivity index (χ4v) is 1.74. The van der Waals surface area contributed by atoms with Crippen LogP contribution in [0.25, 0.3) is 0 Å². The summed E-state index contributed by atoms with van der Waals surface area (Å²) in [5.74, 6) is -0.253. The molecule has 0 radical (unpaired) electrons. The highest BCUT2D eigenvalue weighted by molar-refractivity contribution is 7.15. The molecular formula is C9H14N2O3S. The molecule has 0 fully saturated rings. The van der Waals surface area contributed by atoms with Crippen LogP contribution in [-0.2, 0) is 9.53 Å². The number of rotatable bonds is 5. The number of aromatic nitrogens is 1. The Balaban J connectivity index is 2.37. The number of carbonyl (C=O) groups is 1. The quantitative estimate of drug-likeness (QED) is 0.731. The fraction of sp³-hybridized carbons (Fsp3) is 0.556. The summed E-state index contributed by atoms with van der Waals surface area (Å²) in [6, 6.07) is 0. The summed E-state index contributed by atoms with van der Waals surface area (Å²) in [7, 11) is 0. The summed E-state index contributed by atoms with van der Waals surface area (Å²) in [5, 5.41) is 11.7. The molecule has 1 aromatic rings. The van der Waals surface area contributed by atoms with Crippen molar-refractivity contribution >= 4 is 22.4 Å². The van der Waals surface area contributed by atoms with Crippen molar-refractivity contribution in [3.8, 4) is 0 Å². The Hall–Kier alpha value is -0.980. The zero-order valence-corrected chi connectivity index (χ0v) is 9.56. The lowest BCUT2D eigenvalue weighted by molar-refractivity contribution is -0.120. The van der Waals surface area contributed by atoms with E-state index in [4.69, 9.17) is 9.84 Å². The third kappa shape index (κ3) is 3.94. The Bertz CT molecular complexity index is 319. The van der Waals surface area contributed by atoms with Gasteiger partial charge >= 0.3 is 0 Å². The number of carbonyl (C=O) groups excluding carboxylic acids is 1. The number of nitrogens with one attached hydrogen (secondary N) is 1. The first-order valence-corrected chi connectivity index (χ1v) is 5.37. The highest BCUT2D eigenvalue weighted by Crippen LogP contribution is 2.20. The maximum atomic E-state index is 11.3. The van der Waals surface area contributed by atoms with Gasteiger partial charge in [-0.25, -0.2) is 4.98 Å². The monoisotopic (exact) mass is 230 g/mol. The van der Waals surface area contributed by atoms with Crippen molar-refractivity contribution in [2.75, 3.05) is 25.1 Å². The maximum absolute atomic E-state index is 11.3. The molecule has 5 nitrogen and oxygen atoms in total. The topological polar surface area (TPSA) is 71.5 Å². The second kappa shape index (κ2) is 5.79. The standard InChI is InChI=1S/C9H14N2O3S/c1-6-7(2)15-9(10-6)11-8(13)5-14-4-3-12/h12H,3-5H2,1-2H3,(H,10,11,13). The van der Waals surface area contributed by atoms with Gasteiger partial charge in [0.1, 0.15) is 6.61 Å². The zero-order chi connectivity index (χ0) is 11.3. The minimum Gasteiger partial charge on any atom is -0.394 e. The molecule has 6 heteroatoms. The van der Waals surface area contributed by atoms with Crippen LogP contribution in [-0.4, -0.2) is 35.8 Å². The van der Waals surface area contributed by atoms with Crippen LogP contribution in [0.2, 0.25) is 0 Å². The summed E-state index contributed by atoms with van der Waals surface area (Å²) in [5.41, 5.74) is 0.923. The van der Waals surface area contributed by atoms with Crippen molar-refractivity contribution in [3.63, 3.8) is 0 Å². The number of hydrogen-bond acceptors (Lipinski definition) is 5. The van der Waals surface area contributed by atoms with Crippen LogP contribution in [0.15, 0.2) is 0 Å². The number of amides is 1. The second-order valence-corrected chi connectivity index (χ2v) is 4.19. The number of anilines is 1. The van der Waals surface area contributed by atoms with Gasteiger partial charge in [0.15, 0.2) is 5.13 Å². The van der Waals surface area contributed by atoms with Crippen molar-refractivity contribution < 1.29 is 14.6 Å². The molecule has 1 amide bonds. The average Bonchev–Trinajstić information content (AvgIpc) is 2.46. The van der Waals surface area contributed by atoms with Crippen molar-refractivity contribution in [1.29, 1.82) is 0 Å². The van der Waals surface area contributed by atoms with E-state index >= 15 is 0 Å². The zero-order valence-electron chi connectivity index (χ0n) is 8.74. The smallest absolute Gasteiger partial charge is 0.252 e. The first kappa shape index (κ1) is 12.1. The Morgan fingerprint density at radius 2 is 2.33 bits per heavy atom. The van der Waals surface area contributed by atoms with Crippen LogP contribution in [0, 0.1) is 13.8 Å². The van der Waals surface area contributed by atoms with E-state index in [0.717, 1.165) is 10.6 Å². The van der Waals surface area contributed by atoms with Crippen molar-refractivity contribution in [3.05, 3.63) is 10.6 Å². The van der Waals surface area contributed by atoms with Crippen LogP contribution in [0.1, 0.15) is 10.6 Å². The van der Waals surface area contributed by atoms with E-state index < -0.39 is 0 Å². The Labute approximate surface area is 92.1 Å². The van der Waals surface area contributed by atoms with Crippen LogP contribution in [0.3, 0.4) is 0 Å². The maximum Gasteiger partial charge on any atom is 0.252 e. The van der Waals surface area contributed by atoms with Gasteiger partial charge in [-0.05, 0) is 13.8 Å². The second-order valence-electron chi connectivity index (χ2n) is 2.98. The highest BCUT2D eigenvalue weighted by atomic mass is 32.1. The van der Waals surface area contributed by atoms with Crippen molar-refractivity contribution in [1.82, 2.24) is 4.98 Å². The van der Waals surface area contributed by atoms with Gasteiger partial charge in [-0.1, -0.05) is 0 Å². The summed E-state index contributed by atoms with van der Waals surface area (Å²) < 4.78 is 4.87. The molecule has 15 heavy (non-hydrogen) atoms. The molecule has 1 aromatic heterocycles. The predicted octanol–water partition coefficient (Wildman–Crippen LogP) is 0.707. The SMILES string of the molecule is Cc1nc(NC(=O)COCCO)sc1C. The molecule has 0 saturated carbocycles. The molecule has 0 aliphatic heterocycles. The molecule has 0 spiro atoms. The Morgan fingerprint density at radius 3 is 2.87 bits per heavy atom. The number of nitrogens with zero attached hydrogens (tertiary/aromatic N) is 1. The third-order valence-electron chi connectivity index (χ3n) is 1.74. The molecule has 0 saturated heterocycles. The summed E-state index contributed by atoms with van der Waals surface area (Å²) >= 11 is 1.43. The molecule has 0 unspecified atom stereocenters. The van der Waals surface area contributed by atoms with E-state index in [1.807, 2.05) is 13.8 Å². The van der Waals surface area contributed by atoms with Crippen molar-refractivity contribution in [2.45, 2.75) is 13.8 Å². The van der Waals surface area contributed by atoms with Crippen LogP contribution in [0.5, 0.6) is 0 Å². The Kier molecular flexibility index (Phi) is 4.67. The number of aliphatic hydroxyl groups excluding tert-OH is 1. The minimum atomic E-state index is -0.253. The van der Waals surface area contributed by atoms with Crippen LogP contribution in [0.4, 0.5) is 5.13 Å². The first-order chi connectivity index (χ1) is 7.13. The van der Waals surface area contributed by atoms with E-state index in [-0.39, 0.29) is 25.7 Å². The van der Waals surface area contributed by atoms with Gasteiger partial charge in [0.25, 0.3) is 5.91 Å². The largest absolute Gasteiger partial charge is 0.394 e. The summed E-state index contributed by atoms with van der Waals surface area (Å²) in [6.45, 7) is 3.87. The number of ether oxygens (including phenoxy) is 1. The number of aliphatic hydroxyl groups is 1. The lowest BCUT2D eigenvalue weighted by atomic mass is 10.4. The summed E-state index contributed by atoms with van der Waals surface area (Å²) in [6.07, 6.45) is 0. The van der Waals surface area contributed by atoms with E-state index in [9.17, 15) is 4.79 Å². The molecule has 0 aromatic carbocycles. The van der Waals surface area contributed by atoms with E-state index in [1.54, 1.807) is 0 Å². The van der Waals surface area contributed by atoms with E-state index in [0.29, 0.717) is 5.13 Å².